The first-order valence-corrected chi connectivity index (χ1v) is 7.56. The average molecular weight is 279 g/mol. The van der Waals surface area contributed by atoms with Crippen LogP contribution in [0, 0.1) is 0 Å². The number of hydrogen-bond acceptors (Lipinski definition) is 3. The summed E-state index contributed by atoms with van der Waals surface area (Å²) in [6, 6.07) is 9.51. The van der Waals surface area contributed by atoms with Gasteiger partial charge in [-0.2, -0.15) is 0 Å². The number of rotatable bonds is 3. The molecule has 2 aromatic rings. The van der Waals surface area contributed by atoms with Crippen LogP contribution in [-0.2, 0) is 10.8 Å². The van der Waals surface area contributed by atoms with Crippen molar-refractivity contribution >= 4 is 10.8 Å². The average Bonchev–Trinajstić information content (AvgIpc) is 3.00. The predicted octanol–water partition coefficient (Wildman–Crippen LogP) is 2.41. The fourth-order valence-corrected chi connectivity index (χ4v) is 2.97. The molecule has 0 bridgehead atoms. The number of hydrogen-bond donors (Lipinski definition) is 0. The molecule has 1 aliphatic heterocycles. The summed E-state index contributed by atoms with van der Waals surface area (Å²) in [5.74, 6) is 0.738. The smallest absolute Gasteiger partial charge is 0.239 e. The summed E-state index contributed by atoms with van der Waals surface area (Å²) < 4.78 is 27.3. The minimum absolute atomic E-state index is 0.152. The monoisotopic (exact) mass is 279 g/mol. The van der Waals surface area contributed by atoms with Crippen LogP contribution in [0.3, 0.4) is 0 Å². The molecule has 2 unspecified atom stereocenters. The van der Waals surface area contributed by atoms with Crippen molar-refractivity contribution in [3.05, 3.63) is 41.7 Å². The summed E-state index contributed by atoms with van der Waals surface area (Å²) >= 11 is 0. The molecular formula is C13H14FN3OS. The Balaban J connectivity index is 2.02. The van der Waals surface area contributed by atoms with Crippen LogP contribution < -0.4 is 0 Å². The summed E-state index contributed by atoms with van der Waals surface area (Å²) in [6.45, 7) is 1.80. The fraction of sp³-hybridized carbons (Fsp3) is 0.385. The van der Waals surface area contributed by atoms with Crippen molar-refractivity contribution in [3.63, 3.8) is 0 Å². The van der Waals surface area contributed by atoms with E-state index in [2.05, 4.69) is 10.1 Å². The molecule has 0 spiro atoms. The summed E-state index contributed by atoms with van der Waals surface area (Å²) in [5.41, 5.74) is 1.00. The SMILES string of the molecule is CC[S@@](=O)c1nc2n(n1)C(c1ccccc1)CC2F. The molecule has 3 rings (SSSR count). The zero-order chi connectivity index (χ0) is 13.4. The van der Waals surface area contributed by atoms with Crippen LogP contribution in [-0.4, -0.2) is 24.7 Å². The molecule has 0 fully saturated rings. The molecule has 19 heavy (non-hydrogen) atoms. The van der Waals surface area contributed by atoms with Crippen molar-refractivity contribution in [1.82, 2.24) is 14.8 Å². The number of aromatic nitrogens is 3. The van der Waals surface area contributed by atoms with Crippen molar-refractivity contribution in [2.45, 2.75) is 30.7 Å². The second kappa shape index (κ2) is 4.85. The Morgan fingerprint density at radius 2 is 2.16 bits per heavy atom. The Labute approximate surface area is 113 Å². The van der Waals surface area contributed by atoms with Gasteiger partial charge in [-0.1, -0.05) is 37.3 Å². The third-order valence-electron chi connectivity index (χ3n) is 3.29. The topological polar surface area (TPSA) is 47.8 Å². The van der Waals surface area contributed by atoms with Gasteiger partial charge in [-0.3, -0.25) is 4.21 Å². The highest BCUT2D eigenvalue weighted by molar-refractivity contribution is 7.84. The minimum Gasteiger partial charge on any atom is -0.251 e. The molecule has 0 saturated carbocycles. The van der Waals surface area contributed by atoms with Gasteiger partial charge in [0.15, 0.2) is 12.0 Å². The first-order valence-electron chi connectivity index (χ1n) is 6.24. The van der Waals surface area contributed by atoms with Gasteiger partial charge in [0.2, 0.25) is 5.16 Å². The molecule has 0 aliphatic carbocycles. The fourth-order valence-electron chi connectivity index (χ4n) is 2.34. The Bertz CT molecular complexity index is 614. The van der Waals surface area contributed by atoms with Crippen LogP contribution in [0.4, 0.5) is 4.39 Å². The van der Waals surface area contributed by atoms with Gasteiger partial charge >= 0.3 is 0 Å². The number of alkyl halides is 1. The van der Waals surface area contributed by atoms with Crippen LogP contribution >= 0.6 is 0 Å². The number of fused-ring (bicyclic) bond motifs is 1. The van der Waals surface area contributed by atoms with Crippen molar-refractivity contribution in [2.75, 3.05) is 5.75 Å². The van der Waals surface area contributed by atoms with Crippen molar-refractivity contribution in [2.24, 2.45) is 0 Å². The Morgan fingerprint density at radius 1 is 1.42 bits per heavy atom. The molecule has 1 aromatic carbocycles. The molecule has 1 aliphatic rings. The molecule has 2 heterocycles. The lowest BCUT2D eigenvalue weighted by Gasteiger charge is -2.11. The molecular weight excluding hydrogens is 265 g/mol. The van der Waals surface area contributed by atoms with E-state index >= 15 is 0 Å². The quantitative estimate of drug-likeness (QED) is 0.867. The number of halogens is 1. The minimum atomic E-state index is -1.24. The standard InChI is InChI=1S/C13H14FN3OS/c1-2-19(18)13-15-12-10(14)8-11(17(12)16-13)9-6-4-3-5-7-9/h3-7,10-11H,2,8H2,1H3/t10?,11?,19-/m1/s1. The van der Waals surface area contributed by atoms with Crippen LogP contribution in [0.2, 0.25) is 0 Å². The lowest BCUT2D eigenvalue weighted by Crippen LogP contribution is -2.08. The molecule has 3 atom stereocenters. The van der Waals surface area contributed by atoms with Gasteiger partial charge in [-0.05, 0) is 5.56 Å². The highest BCUT2D eigenvalue weighted by Crippen LogP contribution is 2.39. The van der Waals surface area contributed by atoms with E-state index in [-0.39, 0.29) is 11.2 Å². The van der Waals surface area contributed by atoms with Crippen molar-refractivity contribution in [1.29, 1.82) is 0 Å². The summed E-state index contributed by atoms with van der Waals surface area (Å²) in [7, 11) is -1.24. The molecule has 1 aromatic heterocycles. The maximum absolute atomic E-state index is 14.0. The Morgan fingerprint density at radius 3 is 2.84 bits per heavy atom. The third-order valence-corrected chi connectivity index (χ3v) is 4.40. The first-order chi connectivity index (χ1) is 9.20. The number of benzene rings is 1. The molecule has 100 valence electrons. The van der Waals surface area contributed by atoms with E-state index in [0.717, 1.165) is 5.56 Å². The van der Waals surface area contributed by atoms with Gasteiger partial charge in [0, 0.05) is 12.2 Å². The maximum Gasteiger partial charge on any atom is 0.239 e. The zero-order valence-electron chi connectivity index (χ0n) is 10.5. The summed E-state index contributed by atoms with van der Waals surface area (Å²) in [5, 5.41) is 4.47. The summed E-state index contributed by atoms with van der Waals surface area (Å²) in [4.78, 5) is 4.09. The highest BCUT2D eigenvalue weighted by Gasteiger charge is 2.35. The largest absolute Gasteiger partial charge is 0.251 e. The van der Waals surface area contributed by atoms with E-state index in [1.807, 2.05) is 30.3 Å². The molecule has 0 N–H and O–H groups in total. The van der Waals surface area contributed by atoms with E-state index in [9.17, 15) is 8.60 Å². The Kier molecular flexibility index (Phi) is 3.18. The van der Waals surface area contributed by atoms with Gasteiger partial charge in [0.1, 0.15) is 0 Å². The Hall–Kier alpha value is -1.56. The molecule has 0 saturated heterocycles. The lowest BCUT2D eigenvalue weighted by atomic mass is 10.0. The van der Waals surface area contributed by atoms with Crippen LogP contribution in [0.5, 0.6) is 0 Å². The molecule has 4 nitrogen and oxygen atoms in total. The molecule has 0 amide bonds. The van der Waals surface area contributed by atoms with Crippen molar-refractivity contribution in [3.8, 4) is 0 Å². The van der Waals surface area contributed by atoms with E-state index in [1.165, 1.54) is 0 Å². The van der Waals surface area contributed by atoms with Crippen LogP contribution in [0.15, 0.2) is 35.5 Å². The van der Waals surface area contributed by atoms with E-state index < -0.39 is 17.0 Å². The zero-order valence-corrected chi connectivity index (χ0v) is 11.3. The second-order valence-corrected chi connectivity index (χ2v) is 6.09. The summed E-state index contributed by atoms with van der Waals surface area (Å²) in [6.07, 6.45) is -0.793. The first kappa shape index (κ1) is 12.5. The van der Waals surface area contributed by atoms with Gasteiger partial charge in [-0.15, -0.1) is 5.10 Å². The maximum atomic E-state index is 14.0. The lowest BCUT2D eigenvalue weighted by molar-refractivity contribution is 0.327. The van der Waals surface area contributed by atoms with Gasteiger partial charge in [0.05, 0.1) is 16.8 Å². The van der Waals surface area contributed by atoms with Gasteiger partial charge < -0.3 is 0 Å². The van der Waals surface area contributed by atoms with E-state index in [4.69, 9.17) is 0 Å². The van der Waals surface area contributed by atoms with Crippen molar-refractivity contribution < 1.29 is 8.60 Å². The second-order valence-electron chi connectivity index (χ2n) is 4.46. The third kappa shape index (κ3) is 2.10. The normalized spacial score (nSPS) is 23.3. The van der Waals surface area contributed by atoms with Crippen LogP contribution in [0.25, 0.3) is 0 Å². The van der Waals surface area contributed by atoms with E-state index in [0.29, 0.717) is 18.0 Å². The van der Waals surface area contributed by atoms with Gasteiger partial charge in [0.25, 0.3) is 0 Å². The van der Waals surface area contributed by atoms with E-state index in [1.54, 1.807) is 11.6 Å². The number of nitrogens with zero attached hydrogens (tertiary/aromatic N) is 3. The van der Waals surface area contributed by atoms with Gasteiger partial charge in [-0.25, -0.2) is 14.1 Å². The molecule has 6 heteroatoms. The van der Waals surface area contributed by atoms with Crippen LogP contribution in [0.1, 0.15) is 36.9 Å². The molecule has 0 radical (unpaired) electrons. The predicted molar refractivity (Wildman–Crippen MR) is 70.0 cm³/mol. The highest BCUT2D eigenvalue weighted by atomic mass is 32.2.